The van der Waals surface area contributed by atoms with E-state index < -0.39 is 0 Å². The second-order valence-corrected chi connectivity index (χ2v) is 5.13. The summed E-state index contributed by atoms with van der Waals surface area (Å²) in [4.78, 5) is 4.50. The average molecular weight is 249 g/mol. The number of nitrogens with zero attached hydrogens (tertiary/aromatic N) is 2. The minimum absolute atomic E-state index is 0.884. The van der Waals surface area contributed by atoms with Crippen LogP contribution in [0.1, 0.15) is 29.7 Å². The van der Waals surface area contributed by atoms with Gasteiger partial charge in [-0.05, 0) is 32.0 Å². The molecule has 0 atom stereocenters. The van der Waals surface area contributed by atoms with Crippen LogP contribution >= 0.6 is 11.3 Å². The fraction of sp³-hybridized carbons (Fsp3) is 0.462. The number of rotatable bonds is 6. The van der Waals surface area contributed by atoms with Crippen LogP contribution in [0, 0.1) is 6.92 Å². The first-order valence-electron chi connectivity index (χ1n) is 6.05. The van der Waals surface area contributed by atoms with E-state index >= 15 is 0 Å². The predicted molar refractivity (Wildman–Crippen MR) is 72.4 cm³/mol. The van der Waals surface area contributed by atoms with Crippen LogP contribution < -0.4 is 5.32 Å². The zero-order chi connectivity index (χ0) is 12.1. The van der Waals surface area contributed by atoms with Crippen molar-refractivity contribution in [1.82, 2.24) is 14.9 Å². The number of nitrogens with one attached hydrogen (secondary N) is 1. The third kappa shape index (κ3) is 3.41. The fourth-order valence-electron chi connectivity index (χ4n) is 1.78. The largest absolute Gasteiger partial charge is 0.343 e. The Morgan fingerprint density at radius 3 is 3.06 bits per heavy atom. The molecule has 0 saturated heterocycles. The summed E-state index contributed by atoms with van der Waals surface area (Å²) in [5.41, 5.74) is 2.44. The van der Waals surface area contributed by atoms with Gasteiger partial charge in [0.15, 0.2) is 0 Å². The molecule has 2 rings (SSSR count). The molecule has 2 aromatic rings. The SMILES string of the molecule is CCCNCc1cccn1Cc1nc(C)cs1. The number of hydrogen-bond donors (Lipinski definition) is 1. The molecule has 0 aromatic carbocycles. The van der Waals surface area contributed by atoms with E-state index in [1.807, 2.05) is 6.92 Å². The smallest absolute Gasteiger partial charge is 0.113 e. The van der Waals surface area contributed by atoms with Crippen molar-refractivity contribution in [2.45, 2.75) is 33.4 Å². The maximum absolute atomic E-state index is 4.50. The molecule has 4 heteroatoms. The molecule has 0 aliphatic rings. The van der Waals surface area contributed by atoms with E-state index in [9.17, 15) is 0 Å². The Morgan fingerprint density at radius 2 is 2.35 bits per heavy atom. The highest BCUT2D eigenvalue weighted by Crippen LogP contribution is 2.12. The summed E-state index contributed by atoms with van der Waals surface area (Å²) in [5, 5.41) is 6.71. The quantitative estimate of drug-likeness (QED) is 0.798. The van der Waals surface area contributed by atoms with Gasteiger partial charge in [-0.3, -0.25) is 0 Å². The highest BCUT2D eigenvalue weighted by Gasteiger charge is 2.04. The van der Waals surface area contributed by atoms with Crippen molar-refractivity contribution < 1.29 is 0 Å². The molecule has 17 heavy (non-hydrogen) atoms. The molecule has 2 heterocycles. The van der Waals surface area contributed by atoms with E-state index in [0.717, 1.165) is 25.3 Å². The van der Waals surface area contributed by atoms with Gasteiger partial charge in [0.05, 0.1) is 6.54 Å². The summed E-state index contributed by atoms with van der Waals surface area (Å²) >= 11 is 1.73. The van der Waals surface area contributed by atoms with E-state index in [2.05, 4.69) is 45.5 Å². The minimum Gasteiger partial charge on any atom is -0.343 e. The van der Waals surface area contributed by atoms with Crippen LogP contribution in [0.5, 0.6) is 0 Å². The number of thiazole rings is 1. The zero-order valence-corrected chi connectivity index (χ0v) is 11.3. The molecule has 2 aromatic heterocycles. The zero-order valence-electron chi connectivity index (χ0n) is 10.4. The highest BCUT2D eigenvalue weighted by molar-refractivity contribution is 7.09. The lowest BCUT2D eigenvalue weighted by Crippen LogP contribution is -2.16. The van der Waals surface area contributed by atoms with Gasteiger partial charge in [0.2, 0.25) is 0 Å². The number of aromatic nitrogens is 2. The molecule has 3 nitrogen and oxygen atoms in total. The minimum atomic E-state index is 0.884. The van der Waals surface area contributed by atoms with Gasteiger partial charge >= 0.3 is 0 Å². The lowest BCUT2D eigenvalue weighted by atomic mass is 10.4. The summed E-state index contributed by atoms with van der Waals surface area (Å²) in [7, 11) is 0. The molecule has 0 spiro atoms. The molecular formula is C13H19N3S. The molecule has 0 amide bonds. The lowest BCUT2D eigenvalue weighted by Gasteiger charge is -2.08. The van der Waals surface area contributed by atoms with E-state index in [4.69, 9.17) is 0 Å². The third-order valence-electron chi connectivity index (χ3n) is 2.63. The molecule has 0 aliphatic heterocycles. The maximum atomic E-state index is 4.50. The molecule has 0 aliphatic carbocycles. The standard InChI is InChI=1S/C13H19N3S/c1-3-6-14-8-12-5-4-7-16(12)9-13-15-11(2)10-17-13/h4-5,7,10,14H,3,6,8-9H2,1-2H3. The lowest BCUT2D eigenvalue weighted by molar-refractivity contribution is 0.629. The Morgan fingerprint density at radius 1 is 1.47 bits per heavy atom. The molecule has 92 valence electrons. The molecule has 0 fully saturated rings. The van der Waals surface area contributed by atoms with Crippen molar-refractivity contribution in [3.63, 3.8) is 0 Å². The molecule has 0 unspecified atom stereocenters. The van der Waals surface area contributed by atoms with Gasteiger partial charge < -0.3 is 9.88 Å². The van der Waals surface area contributed by atoms with Gasteiger partial charge in [-0.1, -0.05) is 6.92 Å². The van der Waals surface area contributed by atoms with E-state index in [1.54, 1.807) is 11.3 Å². The van der Waals surface area contributed by atoms with Crippen LogP contribution in [0.3, 0.4) is 0 Å². The Balaban J connectivity index is 1.98. The third-order valence-corrected chi connectivity index (χ3v) is 3.58. The van der Waals surface area contributed by atoms with E-state index in [1.165, 1.54) is 17.1 Å². The van der Waals surface area contributed by atoms with Gasteiger partial charge in [-0.15, -0.1) is 11.3 Å². The first-order valence-corrected chi connectivity index (χ1v) is 6.93. The molecule has 1 N–H and O–H groups in total. The number of aryl methyl sites for hydroxylation is 1. The highest BCUT2D eigenvalue weighted by atomic mass is 32.1. The summed E-state index contributed by atoms with van der Waals surface area (Å²) in [6.07, 6.45) is 3.30. The van der Waals surface area contributed by atoms with Crippen LogP contribution in [0.15, 0.2) is 23.7 Å². The molecule has 0 bridgehead atoms. The van der Waals surface area contributed by atoms with Gasteiger partial charge in [0.25, 0.3) is 0 Å². The van der Waals surface area contributed by atoms with Crippen molar-refractivity contribution in [1.29, 1.82) is 0 Å². The van der Waals surface area contributed by atoms with Crippen LogP contribution in [0.25, 0.3) is 0 Å². The van der Waals surface area contributed by atoms with Gasteiger partial charge in [0, 0.05) is 29.5 Å². The maximum Gasteiger partial charge on any atom is 0.113 e. The van der Waals surface area contributed by atoms with Gasteiger partial charge in [-0.2, -0.15) is 0 Å². The fourth-order valence-corrected chi connectivity index (χ4v) is 2.55. The van der Waals surface area contributed by atoms with Crippen molar-refractivity contribution in [2.24, 2.45) is 0 Å². The summed E-state index contributed by atoms with van der Waals surface area (Å²) in [5.74, 6) is 0. The topological polar surface area (TPSA) is 29.9 Å². The summed E-state index contributed by atoms with van der Waals surface area (Å²) in [6.45, 7) is 7.12. The van der Waals surface area contributed by atoms with Crippen molar-refractivity contribution >= 4 is 11.3 Å². The Hall–Kier alpha value is -1.13. The van der Waals surface area contributed by atoms with Crippen LogP contribution in [-0.4, -0.2) is 16.1 Å². The van der Waals surface area contributed by atoms with E-state index in [0.29, 0.717) is 0 Å². The van der Waals surface area contributed by atoms with Gasteiger partial charge in [-0.25, -0.2) is 4.98 Å². The summed E-state index contributed by atoms with van der Waals surface area (Å²) in [6, 6.07) is 4.27. The van der Waals surface area contributed by atoms with Crippen LogP contribution in [0.4, 0.5) is 0 Å². The molecule has 0 saturated carbocycles. The van der Waals surface area contributed by atoms with Crippen molar-refractivity contribution in [3.8, 4) is 0 Å². The Labute approximate surface area is 107 Å². The normalized spacial score (nSPS) is 10.9. The van der Waals surface area contributed by atoms with Crippen LogP contribution in [-0.2, 0) is 13.1 Å². The first-order chi connectivity index (χ1) is 8.29. The molecular weight excluding hydrogens is 230 g/mol. The van der Waals surface area contributed by atoms with Gasteiger partial charge in [0.1, 0.15) is 5.01 Å². The second-order valence-electron chi connectivity index (χ2n) is 4.19. The Kier molecular flexibility index (Phi) is 4.34. The summed E-state index contributed by atoms with van der Waals surface area (Å²) < 4.78 is 2.26. The second kappa shape index (κ2) is 5.98. The van der Waals surface area contributed by atoms with E-state index in [-0.39, 0.29) is 0 Å². The number of hydrogen-bond acceptors (Lipinski definition) is 3. The average Bonchev–Trinajstić information content (AvgIpc) is 2.90. The van der Waals surface area contributed by atoms with Crippen LogP contribution in [0.2, 0.25) is 0 Å². The Bertz CT molecular complexity index is 459. The molecule has 0 radical (unpaired) electrons. The van der Waals surface area contributed by atoms with Crippen molar-refractivity contribution in [3.05, 3.63) is 40.1 Å². The van der Waals surface area contributed by atoms with Crippen molar-refractivity contribution in [2.75, 3.05) is 6.54 Å². The monoisotopic (exact) mass is 249 g/mol. The predicted octanol–water partition coefficient (Wildman–Crippen LogP) is 2.80. The first kappa shape index (κ1) is 12.3.